The van der Waals surface area contributed by atoms with Crippen molar-refractivity contribution in [1.29, 1.82) is 0 Å². The SMILES string of the molecule is Cc1ccc(CCCNC(=O)COc2cc(C)c(Cl)c(C)c2)cc1. The molecule has 0 aliphatic heterocycles. The molecule has 3 nitrogen and oxygen atoms in total. The molecule has 0 radical (unpaired) electrons. The summed E-state index contributed by atoms with van der Waals surface area (Å²) in [5.74, 6) is 0.563. The Balaban J connectivity index is 1.69. The molecule has 0 aromatic heterocycles. The minimum Gasteiger partial charge on any atom is -0.484 e. The largest absolute Gasteiger partial charge is 0.484 e. The topological polar surface area (TPSA) is 38.3 Å². The van der Waals surface area contributed by atoms with Crippen molar-refractivity contribution in [2.75, 3.05) is 13.2 Å². The first-order valence-electron chi connectivity index (χ1n) is 8.17. The van der Waals surface area contributed by atoms with Crippen molar-refractivity contribution < 1.29 is 9.53 Å². The number of carbonyl (C=O) groups is 1. The average Bonchev–Trinajstić information content (AvgIpc) is 2.56. The zero-order valence-corrected chi connectivity index (χ0v) is 15.2. The van der Waals surface area contributed by atoms with Gasteiger partial charge in [0.1, 0.15) is 5.75 Å². The summed E-state index contributed by atoms with van der Waals surface area (Å²) in [6.45, 7) is 6.59. The summed E-state index contributed by atoms with van der Waals surface area (Å²) in [6, 6.07) is 12.2. The maximum Gasteiger partial charge on any atom is 0.257 e. The summed E-state index contributed by atoms with van der Waals surface area (Å²) in [5, 5.41) is 3.62. The van der Waals surface area contributed by atoms with Crippen LogP contribution in [0.15, 0.2) is 36.4 Å². The smallest absolute Gasteiger partial charge is 0.257 e. The van der Waals surface area contributed by atoms with Gasteiger partial charge in [-0.15, -0.1) is 0 Å². The summed E-state index contributed by atoms with van der Waals surface area (Å²) in [5.41, 5.74) is 4.45. The molecular weight excluding hydrogens is 322 g/mol. The number of hydrogen-bond acceptors (Lipinski definition) is 2. The number of ether oxygens (including phenoxy) is 1. The molecule has 2 aromatic rings. The predicted octanol–water partition coefficient (Wildman–Crippen LogP) is 4.39. The second-order valence-corrected chi connectivity index (χ2v) is 6.48. The fourth-order valence-electron chi connectivity index (χ4n) is 2.46. The van der Waals surface area contributed by atoms with E-state index in [-0.39, 0.29) is 12.5 Å². The summed E-state index contributed by atoms with van der Waals surface area (Å²) in [6.07, 6.45) is 1.87. The van der Waals surface area contributed by atoms with E-state index in [0.29, 0.717) is 12.3 Å². The molecule has 0 saturated carbocycles. The predicted molar refractivity (Wildman–Crippen MR) is 98.9 cm³/mol. The Morgan fingerprint density at radius 3 is 2.33 bits per heavy atom. The maximum atomic E-state index is 11.8. The van der Waals surface area contributed by atoms with Gasteiger partial charge in [-0.25, -0.2) is 0 Å². The third-order valence-corrected chi connectivity index (χ3v) is 4.46. The number of nitrogens with one attached hydrogen (secondary N) is 1. The summed E-state index contributed by atoms with van der Waals surface area (Å²) in [7, 11) is 0. The van der Waals surface area contributed by atoms with Crippen LogP contribution in [0.5, 0.6) is 5.75 Å². The van der Waals surface area contributed by atoms with E-state index in [1.54, 1.807) is 0 Å². The van der Waals surface area contributed by atoms with Gasteiger partial charge in [0.2, 0.25) is 0 Å². The van der Waals surface area contributed by atoms with E-state index >= 15 is 0 Å². The lowest BCUT2D eigenvalue weighted by Crippen LogP contribution is -2.29. The summed E-state index contributed by atoms with van der Waals surface area (Å²) < 4.78 is 5.54. The van der Waals surface area contributed by atoms with E-state index in [2.05, 4.69) is 36.5 Å². The number of benzene rings is 2. The van der Waals surface area contributed by atoms with Crippen molar-refractivity contribution in [2.45, 2.75) is 33.6 Å². The number of aryl methyl sites for hydroxylation is 4. The van der Waals surface area contributed by atoms with E-state index in [0.717, 1.165) is 29.0 Å². The van der Waals surface area contributed by atoms with E-state index in [1.807, 2.05) is 26.0 Å². The van der Waals surface area contributed by atoms with Crippen LogP contribution in [-0.2, 0) is 11.2 Å². The Kier molecular flexibility index (Phi) is 6.68. The first-order chi connectivity index (χ1) is 11.5. The lowest BCUT2D eigenvalue weighted by molar-refractivity contribution is -0.123. The average molecular weight is 346 g/mol. The number of amides is 1. The van der Waals surface area contributed by atoms with Crippen LogP contribution in [0.4, 0.5) is 0 Å². The van der Waals surface area contributed by atoms with Crippen LogP contribution in [0.2, 0.25) is 5.02 Å². The van der Waals surface area contributed by atoms with Gasteiger partial charge in [0.05, 0.1) is 0 Å². The molecule has 1 amide bonds. The van der Waals surface area contributed by atoms with E-state index in [9.17, 15) is 4.79 Å². The molecule has 0 saturated heterocycles. The normalized spacial score (nSPS) is 10.5. The standard InChI is InChI=1S/C20H24ClNO2/c1-14-6-8-17(9-7-14)5-4-10-22-19(23)13-24-18-11-15(2)20(21)16(3)12-18/h6-9,11-12H,4-5,10,13H2,1-3H3,(H,22,23). The van der Waals surface area contributed by atoms with Gasteiger partial charge in [0.25, 0.3) is 5.91 Å². The maximum absolute atomic E-state index is 11.8. The number of halogens is 1. The zero-order chi connectivity index (χ0) is 17.5. The third kappa shape index (κ3) is 5.57. The van der Waals surface area contributed by atoms with Crippen molar-refractivity contribution >= 4 is 17.5 Å². The highest BCUT2D eigenvalue weighted by molar-refractivity contribution is 6.32. The fourth-order valence-corrected chi connectivity index (χ4v) is 2.57. The molecule has 0 heterocycles. The van der Waals surface area contributed by atoms with Crippen molar-refractivity contribution in [2.24, 2.45) is 0 Å². The minimum absolute atomic E-state index is 0.0189. The molecule has 2 aromatic carbocycles. The quantitative estimate of drug-likeness (QED) is 0.756. The van der Waals surface area contributed by atoms with E-state index in [4.69, 9.17) is 16.3 Å². The van der Waals surface area contributed by atoms with Gasteiger partial charge < -0.3 is 10.1 Å². The highest BCUT2D eigenvalue weighted by atomic mass is 35.5. The Morgan fingerprint density at radius 2 is 1.71 bits per heavy atom. The van der Waals surface area contributed by atoms with Crippen molar-refractivity contribution in [3.8, 4) is 5.75 Å². The van der Waals surface area contributed by atoms with Gasteiger partial charge in [-0.3, -0.25) is 4.79 Å². The molecule has 24 heavy (non-hydrogen) atoms. The van der Waals surface area contributed by atoms with Crippen LogP contribution in [0.3, 0.4) is 0 Å². The molecule has 0 atom stereocenters. The lowest BCUT2D eigenvalue weighted by atomic mass is 10.1. The van der Waals surface area contributed by atoms with Gasteiger partial charge in [0.15, 0.2) is 6.61 Å². The van der Waals surface area contributed by atoms with Crippen molar-refractivity contribution in [1.82, 2.24) is 5.32 Å². The summed E-state index contributed by atoms with van der Waals surface area (Å²) >= 11 is 6.12. The molecule has 1 N–H and O–H groups in total. The van der Waals surface area contributed by atoms with E-state index < -0.39 is 0 Å². The Labute approximate surface area is 149 Å². The monoisotopic (exact) mass is 345 g/mol. The molecule has 0 unspecified atom stereocenters. The summed E-state index contributed by atoms with van der Waals surface area (Å²) in [4.78, 5) is 11.8. The first kappa shape index (κ1) is 18.3. The molecule has 128 valence electrons. The van der Waals surface area contributed by atoms with E-state index in [1.165, 1.54) is 11.1 Å². The molecule has 0 aliphatic rings. The number of rotatable bonds is 7. The number of hydrogen-bond donors (Lipinski definition) is 1. The van der Waals surface area contributed by atoms with Crippen LogP contribution in [0, 0.1) is 20.8 Å². The van der Waals surface area contributed by atoms with Gasteiger partial charge in [0, 0.05) is 11.6 Å². The fraction of sp³-hybridized carbons (Fsp3) is 0.350. The first-order valence-corrected chi connectivity index (χ1v) is 8.55. The Hall–Kier alpha value is -2.00. The van der Waals surface area contributed by atoms with Gasteiger partial charge in [-0.1, -0.05) is 41.4 Å². The van der Waals surface area contributed by atoms with Crippen LogP contribution in [0.1, 0.15) is 28.7 Å². The van der Waals surface area contributed by atoms with Crippen LogP contribution >= 0.6 is 11.6 Å². The molecular formula is C20H24ClNO2. The van der Waals surface area contributed by atoms with Gasteiger partial charge in [-0.05, 0) is 62.4 Å². The highest BCUT2D eigenvalue weighted by Crippen LogP contribution is 2.25. The van der Waals surface area contributed by atoms with Crippen LogP contribution in [0.25, 0.3) is 0 Å². The zero-order valence-electron chi connectivity index (χ0n) is 14.5. The molecule has 4 heteroatoms. The highest BCUT2D eigenvalue weighted by Gasteiger charge is 2.06. The number of carbonyl (C=O) groups excluding carboxylic acids is 1. The Morgan fingerprint density at radius 1 is 1.08 bits per heavy atom. The van der Waals surface area contributed by atoms with Crippen LogP contribution < -0.4 is 10.1 Å². The molecule has 0 aliphatic carbocycles. The van der Waals surface area contributed by atoms with Crippen molar-refractivity contribution in [3.63, 3.8) is 0 Å². The second kappa shape index (κ2) is 8.74. The Bertz CT molecular complexity index is 672. The van der Waals surface area contributed by atoms with Gasteiger partial charge >= 0.3 is 0 Å². The molecule has 0 bridgehead atoms. The molecule has 2 rings (SSSR count). The third-order valence-electron chi connectivity index (χ3n) is 3.86. The molecule has 0 spiro atoms. The molecule has 0 fully saturated rings. The van der Waals surface area contributed by atoms with Gasteiger partial charge in [-0.2, -0.15) is 0 Å². The van der Waals surface area contributed by atoms with Crippen molar-refractivity contribution in [3.05, 3.63) is 63.7 Å². The van der Waals surface area contributed by atoms with Crippen LogP contribution in [-0.4, -0.2) is 19.1 Å². The second-order valence-electron chi connectivity index (χ2n) is 6.10. The minimum atomic E-state index is -0.107. The lowest BCUT2D eigenvalue weighted by Gasteiger charge is -2.10.